The number of aldehydes is 1. The summed E-state index contributed by atoms with van der Waals surface area (Å²) in [6.45, 7) is 7.24. The summed E-state index contributed by atoms with van der Waals surface area (Å²) in [6, 6.07) is 10.1. The third kappa shape index (κ3) is 3.25. The molecule has 2 atom stereocenters. The lowest BCUT2D eigenvalue weighted by Gasteiger charge is -2.39. The van der Waals surface area contributed by atoms with Gasteiger partial charge in [-0.2, -0.15) is 4.31 Å². The van der Waals surface area contributed by atoms with Crippen molar-refractivity contribution in [2.45, 2.75) is 51.0 Å². The second-order valence-corrected chi connectivity index (χ2v) is 11.0. The Bertz CT molecular complexity index is 991. The topological polar surface area (TPSA) is 67.6 Å². The summed E-state index contributed by atoms with van der Waals surface area (Å²) >= 11 is 0. The van der Waals surface area contributed by atoms with Crippen molar-refractivity contribution in [2.75, 3.05) is 6.54 Å². The van der Waals surface area contributed by atoms with E-state index in [2.05, 4.69) is 20.8 Å². The van der Waals surface area contributed by atoms with Crippen LogP contribution in [0.15, 0.2) is 45.7 Å². The van der Waals surface area contributed by atoms with Gasteiger partial charge in [0.05, 0.1) is 4.90 Å². The summed E-state index contributed by atoms with van der Waals surface area (Å²) in [5, 5.41) is 0. The Morgan fingerprint density at radius 3 is 2.63 bits per heavy atom. The molecule has 2 fully saturated rings. The number of fused-ring (bicyclic) bond motifs is 2. The smallest absolute Gasteiger partial charge is 0.243 e. The predicted octanol–water partition coefficient (Wildman–Crippen LogP) is 4.35. The van der Waals surface area contributed by atoms with Crippen LogP contribution in [0.4, 0.5) is 0 Å². The average Bonchev–Trinajstić information content (AvgIpc) is 3.16. The van der Waals surface area contributed by atoms with Crippen molar-refractivity contribution < 1.29 is 17.6 Å². The molecule has 2 bridgehead atoms. The molecule has 1 saturated heterocycles. The molecule has 6 heteroatoms. The maximum atomic E-state index is 13.4. The minimum atomic E-state index is -3.59. The van der Waals surface area contributed by atoms with Crippen LogP contribution in [0.3, 0.4) is 0 Å². The first-order chi connectivity index (χ1) is 12.6. The van der Waals surface area contributed by atoms with E-state index in [9.17, 15) is 13.2 Å². The van der Waals surface area contributed by atoms with Gasteiger partial charge in [0.1, 0.15) is 5.76 Å². The van der Waals surface area contributed by atoms with E-state index < -0.39 is 10.0 Å². The molecule has 1 aromatic heterocycles. The molecule has 27 heavy (non-hydrogen) atoms. The zero-order valence-corrected chi connectivity index (χ0v) is 16.8. The molecule has 144 valence electrons. The molecule has 2 unspecified atom stereocenters. The van der Waals surface area contributed by atoms with Gasteiger partial charge in [-0.15, -0.1) is 0 Å². The van der Waals surface area contributed by atoms with Gasteiger partial charge in [-0.3, -0.25) is 4.79 Å². The van der Waals surface area contributed by atoms with Gasteiger partial charge in [0.15, 0.2) is 12.0 Å². The molecule has 4 rings (SSSR count). The van der Waals surface area contributed by atoms with E-state index in [0.29, 0.717) is 24.2 Å². The molecule has 2 aromatic rings. The molecule has 2 aliphatic rings. The van der Waals surface area contributed by atoms with Crippen LogP contribution in [0.5, 0.6) is 0 Å². The van der Waals surface area contributed by atoms with Crippen molar-refractivity contribution in [1.82, 2.24) is 4.31 Å². The van der Waals surface area contributed by atoms with E-state index in [0.717, 1.165) is 19.3 Å². The molecular weight excluding hydrogens is 362 g/mol. The normalized spacial score (nSPS) is 27.6. The van der Waals surface area contributed by atoms with E-state index in [1.165, 1.54) is 0 Å². The largest absolute Gasteiger partial charge is 0.453 e. The van der Waals surface area contributed by atoms with Crippen molar-refractivity contribution in [1.29, 1.82) is 0 Å². The van der Waals surface area contributed by atoms with Crippen LogP contribution in [-0.4, -0.2) is 31.6 Å². The first kappa shape index (κ1) is 18.4. The monoisotopic (exact) mass is 387 g/mol. The minimum absolute atomic E-state index is 0.0387. The fraction of sp³-hybridized carbons (Fsp3) is 0.476. The van der Waals surface area contributed by atoms with E-state index >= 15 is 0 Å². The van der Waals surface area contributed by atoms with Crippen LogP contribution in [0, 0.1) is 10.8 Å². The second kappa shape index (κ2) is 6.04. The highest BCUT2D eigenvalue weighted by atomic mass is 32.2. The number of benzene rings is 1. The van der Waals surface area contributed by atoms with Crippen LogP contribution in [0.2, 0.25) is 0 Å². The van der Waals surface area contributed by atoms with Crippen molar-refractivity contribution in [2.24, 2.45) is 10.8 Å². The number of nitrogens with zero attached hydrogens (tertiary/aromatic N) is 1. The average molecular weight is 388 g/mol. The summed E-state index contributed by atoms with van der Waals surface area (Å²) in [4.78, 5) is 11.1. The fourth-order valence-corrected chi connectivity index (χ4v) is 7.03. The Hall–Kier alpha value is -1.92. The zero-order chi connectivity index (χ0) is 19.4. The Kier molecular flexibility index (Phi) is 4.13. The SMILES string of the molecule is CC1(C)CC2CC(C)(CN2S(=O)(=O)c2cccc(-c3ccc(C=O)o3)c2)C1. The molecule has 1 saturated carbocycles. The van der Waals surface area contributed by atoms with Crippen LogP contribution >= 0.6 is 0 Å². The number of hydrogen-bond donors (Lipinski definition) is 0. The maximum absolute atomic E-state index is 13.4. The maximum Gasteiger partial charge on any atom is 0.243 e. The lowest BCUT2D eigenvalue weighted by Crippen LogP contribution is -2.37. The van der Waals surface area contributed by atoms with Gasteiger partial charge in [-0.25, -0.2) is 8.42 Å². The van der Waals surface area contributed by atoms with E-state index in [4.69, 9.17) is 4.42 Å². The van der Waals surface area contributed by atoms with Crippen LogP contribution < -0.4 is 0 Å². The van der Waals surface area contributed by atoms with Gasteiger partial charge in [0.25, 0.3) is 0 Å². The highest BCUT2D eigenvalue weighted by Crippen LogP contribution is 2.53. The number of furan rings is 1. The van der Waals surface area contributed by atoms with Crippen molar-refractivity contribution in [3.8, 4) is 11.3 Å². The number of sulfonamides is 1. The lowest BCUT2D eigenvalue weighted by atomic mass is 9.65. The third-order valence-electron chi connectivity index (χ3n) is 5.83. The molecule has 1 aliphatic heterocycles. The number of carbonyl (C=O) groups excluding carboxylic acids is 1. The van der Waals surface area contributed by atoms with Gasteiger partial charge < -0.3 is 4.42 Å². The van der Waals surface area contributed by atoms with E-state index in [1.54, 1.807) is 40.7 Å². The summed E-state index contributed by atoms with van der Waals surface area (Å²) in [5.41, 5.74) is 0.845. The quantitative estimate of drug-likeness (QED) is 0.732. The summed E-state index contributed by atoms with van der Waals surface area (Å²) < 4.78 is 34.0. The van der Waals surface area contributed by atoms with Crippen molar-refractivity contribution in [3.63, 3.8) is 0 Å². The number of carbonyl (C=O) groups is 1. The fourth-order valence-electron chi connectivity index (χ4n) is 5.21. The van der Waals surface area contributed by atoms with Gasteiger partial charge in [-0.05, 0) is 54.4 Å². The van der Waals surface area contributed by atoms with Gasteiger partial charge in [-0.1, -0.05) is 32.9 Å². The summed E-state index contributed by atoms with van der Waals surface area (Å²) in [6.07, 6.45) is 3.50. The molecule has 1 aromatic carbocycles. The van der Waals surface area contributed by atoms with Crippen LogP contribution in [0.1, 0.15) is 50.6 Å². The molecular formula is C21H25NO4S. The third-order valence-corrected chi connectivity index (χ3v) is 7.73. The standard InChI is InChI=1S/C21H25NO4S/c1-20(2)10-16-11-21(3,13-20)14-22(16)27(24,25)18-6-4-5-15(9-18)19-8-7-17(12-23)26-19/h4-9,12,16H,10-11,13-14H2,1-3H3. The van der Waals surface area contributed by atoms with Gasteiger partial charge >= 0.3 is 0 Å². The first-order valence-electron chi connectivity index (χ1n) is 9.29. The summed E-state index contributed by atoms with van der Waals surface area (Å²) in [5.74, 6) is 0.712. The highest BCUT2D eigenvalue weighted by molar-refractivity contribution is 7.89. The number of rotatable bonds is 4. The molecule has 0 radical (unpaired) electrons. The molecule has 2 heterocycles. The molecule has 1 aliphatic carbocycles. The van der Waals surface area contributed by atoms with Crippen LogP contribution in [0.25, 0.3) is 11.3 Å². The molecule has 0 N–H and O–H groups in total. The highest BCUT2D eigenvalue weighted by Gasteiger charge is 2.53. The second-order valence-electron chi connectivity index (χ2n) is 9.11. The lowest BCUT2D eigenvalue weighted by molar-refractivity contribution is 0.110. The Morgan fingerprint density at radius 1 is 1.15 bits per heavy atom. The molecule has 5 nitrogen and oxygen atoms in total. The Balaban J connectivity index is 1.69. The Morgan fingerprint density at radius 2 is 1.93 bits per heavy atom. The van der Waals surface area contributed by atoms with Gasteiger partial charge in [0, 0.05) is 18.2 Å². The Labute approximate surface area is 160 Å². The molecule has 0 amide bonds. The number of hydrogen-bond acceptors (Lipinski definition) is 4. The minimum Gasteiger partial charge on any atom is -0.453 e. The first-order valence-corrected chi connectivity index (χ1v) is 10.7. The van der Waals surface area contributed by atoms with E-state index in [1.807, 2.05) is 0 Å². The predicted molar refractivity (Wildman–Crippen MR) is 103 cm³/mol. The summed E-state index contributed by atoms with van der Waals surface area (Å²) in [7, 11) is -3.59. The van der Waals surface area contributed by atoms with Crippen molar-refractivity contribution >= 4 is 16.3 Å². The van der Waals surface area contributed by atoms with E-state index in [-0.39, 0.29) is 27.5 Å². The van der Waals surface area contributed by atoms with Gasteiger partial charge in [0.2, 0.25) is 10.0 Å². The van der Waals surface area contributed by atoms with Crippen LogP contribution in [-0.2, 0) is 10.0 Å². The zero-order valence-electron chi connectivity index (χ0n) is 15.9. The van der Waals surface area contributed by atoms with Crippen molar-refractivity contribution in [3.05, 3.63) is 42.2 Å². The molecule has 0 spiro atoms.